The van der Waals surface area contributed by atoms with Crippen LogP contribution in [0.4, 0.5) is 0 Å². The number of hydrogen-bond acceptors (Lipinski definition) is 3. The van der Waals surface area contributed by atoms with E-state index in [0.29, 0.717) is 23.4 Å². The lowest BCUT2D eigenvalue weighted by Gasteiger charge is -2.30. The van der Waals surface area contributed by atoms with E-state index in [-0.39, 0.29) is 17.7 Å². The molecule has 26 heavy (non-hydrogen) atoms. The molecular weight excluding hydrogens is 326 g/mol. The Kier molecular flexibility index (Phi) is 6.75. The first-order chi connectivity index (χ1) is 12.4. The Morgan fingerprint density at radius 1 is 1.12 bits per heavy atom. The van der Waals surface area contributed by atoms with E-state index in [0.717, 1.165) is 18.8 Å². The number of carbonyl (C=O) groups excluding carboxylic acids is 2. The molecule has 0 aliphatic heterocycles. The van der Waals surface area contributed by atoms with E-state index in [2.05, 4.69) is 41.2 Å². The zero-order valence-electron chi connectivity index (χ0n) is 16.3. The van der Waals surface area contributed by atoms with Gasteiger partial charge in [-0.05, 0) is 45.0 Å². The molecule has 0 unspecified atom stereocenters. The van der Waals surface area contributed by atoms with Gasteiger partial charge in [-0.3, -0.25) is 14.5 Å². The molecule has 0 bridgehead atoms. The first-order valence-electron chi connectivity index (χ1n) is 9.17. The van der Waals surface area contributed by atoms with Crippen molar-refractivity contribution in [3.05, 3.63) is 58.4 Å². The highest BCUT2D eigenvalue weighted by molar-refractivity contribution is 6.02. The number of likely N-dealkylation sites (N-methyl/N-ethyl adjacent to an activating group) is 1. The van der Waals surface area contributed by atoms with Crippen LogP contribution in [0, 0.1) is 13.8 Å². The van der Waals surface area contributed by atoms with E-state index in [1.807, 2.05) is 32.0 Å². The number of aromatic amines is 1. The number of amides is 1. The summed E-state index contributed by atoms with van der Waals surface area (Å²) in [5.74, 6) is -0.202. The lowest BCUT2D eigenvalue weighted by molar-refractivity contribution is 0.0929. The maximum absolute atomic E-state index is 12.7. The molecule has 1 heterocycles. The Morgan fingerprint density at radius 2 is 1.73 bits per heavy atom. The van der Waals surface area contributed by atoms with Crippen LogP contribution in [0.1, 0.15) is 64.5 Å². The van der Waals surface area contributed by atoms with Gasteiger partial charge in [-0.25, -0.2) is 0 Å². The van der Waals surface area contributed by atoms with E-state index < -0.39 is 0 Å². The minimum atomic E-state index is -0.175. The number of Topliss-reactive ketones (excluding diaryl/α,β-unsaturated/α-hetero) is 1. The Morgan fingerprint density at radius 3 is 2.23 bits per heavy atom. The number of nitrogens with zero attached hydrogens (tertiary/aromatic N) is 1. The summed E-state index contributed by atoms with van der Waals surface area (Å²) in [6.07, 6.45) is 0. The van der Waals surface area contributed by atoms with Crippen LogP contribution in [-0.2, 0) is 0 Å². The minimum Gasteiger partial charge on any atom is -0.354 e. The third-order valence-corrected chi connectivity index (χ3v) is 4.91. The third kappa shape index (κ3) is 4.22. The number of H-pyrrole nitrogens is 1. The van der Waals surface area contributed by atoms with Gasteiger partial charge in [0.05, 0.1) is 6.04 Å². The smallest absolute Gasteiger partial charge is 0.268 e. The van der Waals surface area contributed by atoms with Gasteiger partial charge >= 0.3 is 0 Å². The normalized spacial score (nSPS) is 12.2. The van der Waals surface area contributed by atoms with Crippen molar-refractivity contribution >= 4 is 11.7 Å². The average Bonchev–Trinajstić information content (AvgIpc) is 2.93. The Hall–Kier alpha value is -2.40. The number of ketones is 1. The lowest BCUT2D eigenvalue weighted by atomic mass is 10.0. The van der Waals surface area contributed by atoms with E-state index in [9.17, 15) is 9.59 Å². The Bertz CT molecular complexity index is 761. The van der Waals surface area contributed by atoms with Gasteiger partial charge in [-0.2, -0.15) is 0 Å². The summed E-state index contributed by atoms with van der Waals surface area (Å²) in [6.45, 7) is 11.7. The molecule has 0 fully saturated rings. The first kappa shape index (κ1) is 19.9. The summed E-state index contributed by atoms with van der Waals surface area (Å²) in [5, 5.41) is 3.04. The molecule has 5 nitrogen and oxygen atoms in total. The SMILES string of the molecule is CCN(CC)[C@H](CNC(=O)c1[nH]c(C)c(C(C)=O)c1C)c1ccccc1. The molecule has 1 atom stereocenters. The maximum Gasteiger partial charge on any atom is 0.268 e. The fourth-order valence-corrected chi connectivity index (χ4v) is 3.58. The number of aromatic nitrogens is 1. The topological polar surface area (TPSA) is 65.2 Å². The molecule has 0 aliphatic rings. The second-order valence-electron chi connectivity index (χ2n) is 6.54. The van der Waals surface area contributed by atoms with Crippen LogP contribution in [0.3, 0.4) is 0 Å². The third-order valence-electron chi connectivity index (χ3n) is 4.91. The summed E-state index contributed by atoms with van der Waals surface area (Å²) >= 11 is 0. The van der Waals surface area contributed by atoms with Crippen molar-refractivity contribution in [3.8, 4) is 0 Å². The maximum atomic E-state index is 12.7. The zero-order valence-corrected chi connectivity index (χ0v) is 16.3. The van der Waals surface area contributed by atoms with E-state index in [1.165, 1.54) is 12.5 Å². The molecule has 140 valence electrons. The molecule has 0 spiro atoms. The number of carbonyl (C=O) groups is 2. The van der Waals surface area contributed by atoms with E-state index in [1.54, 1.807) is 0 Å². The van der Waals surface area contributed by atoms with Gasteiger partial charge in [-0.15, -0.1) is 0 Å². The number of aryl methyl sites for hydroxylation is 1. The summed E-state index contributed by atoms with van der Waals surface area (Å²) in [6, 6.07) is 10.3. The van der Waals surface area contributed by atoms with Crippen LogP contribution in [0.5, 0.6) is 0 Å². The molecule has 0 aliphatic carbocycles. The molecule has 1 amide bonds. The van der Waals surface area contributed by atoms with Crippen LogP contribution in [0.15, 0.2) is 30.3 Å². The highest BCUT2D eigenvalue weighted by atomic mass is 16.2. The average molecular weight is 355 g/mol. The van der Waals surface area contributed by atoms with Gasteiger partial charge in [0.2, 0.25) is 0 Å². The van der Waals surface area contributed by atoms with Gasteiger partial charge in [0.25, 0.3) is 5.91 Å². The lowest BCUT2D eigenvalue weighted by Crippen LogP contribution is -2.38. The Labute approximate surface area is 155 Å². The predicted octanol–water partition coefficient (Wildman–Crippen LogP) is 3.65. The van der Waals surface area contributed by atoms with Crippen molar-refractivity contribution in [2.45, 2.75) is 40.7 Å². The van der Waals surface area contributed by atoms with Crippen molar-refractivity contribution in [3.63, 3.8) is 0 Å². The van der Waals surface area contributed by atoms with E-state index in [4.69, 9.17) is 0 Å². The van der Waals surface area contributed by atoms with E-state index >= 15 is 0 Å². The van der Waals surface area contributed by atoms with Crippen LogP contribution in [0.2, 0.25) is 0 Å². The molecule has 2 aromatic rings. The van der Waals surface area contributed by atoms with Crippen molar-refractivity contribution in [1.82, 2.24) is 15.2 Å². The monoisotopic (exact) mass is 355 g/mol. The van der Waals surface area contributed by atoms with Gasteiger partial charge in [-0.1, -0.05) is 44.2 Å². The summed E-state index contributed by atoms with van der Waals surface area (Å²) in [5.41, 5.74) is 3.72. The molecule has 0 saturated heterocycles. The largest absolute Gasteiger partial charge is 0.354 e. The molecule has 0 radical (unpaired) electrons. The molecule has 0 saturated carbocycles. The van der Waals surface area contributed by atoms with Gasteiger partial charge < -0.3 is 10.3 Å². The zero-order chi connectivity index (χ0) is 19.3. The van der Waals surface area contributed by atoms with Crippen LogP contribution in [0.25, 0.3) is 0 Å². The van der Waals surface area contributed by atoms with Crippen molar-refractivity contribution in [2.75, 3.05) is 19.6 Å². The van der Waals surface area contributed by atoms with Crippen LogP contribution in [-0.4, -0.2) is 41.2 Å². The minimum absolute atomic E-state index is 0.0272. The Balaban J connectivity index is 2.20. The highest BCUT2D eigenvalue weighted by Gasteiger charge is 2.22. The quantitative estimate of drug-likeness (QED) is 0.711. The number of benzene rings is 1. The van der Waals surface area contributed by atoms with Crippen molar-refractivity contribution in [2.24, 2.45) is 0 Å². The first-order valence-corrected chi connectivity index (χ1v) is 9.17. The molecule has 1 aromatic carbocycles. The fourth-order valence-electron chi connectivity index (χ4n) is 3.58. The fraction of sp³-hybridized carbons (Fsp3) is 0.429. The highest BCUT2D eigenvalue weighted by Crippen LogP contribution is 2.21. The molecule has 1 aromatic heterocycles. The van der Waals surface area contributed by atoms with Crippen molar-refractivity contribution in [1.29, 1.82) is 0 Å². The van der Waals surface area contributed by atoms with Crippen LogP contribution >= 0.6 is 0 Å². The van der Waals surface area contributed by atoms with Gasteiger partial charge in [0.15, 0.2) is 5.78 Å². The molecule has 2 N–H and O–H groups in total. The molecule has 2 rings (SSSR count). The van der Waals surface area contributed by atoms with Crippen molar-refractivity contribution < 1.29 is 9.59 Å². The summed E-state index contributed by atoms with van der Waals surface area (Å²) in [7, 11) is 0. The number of nitrogens with one attached hydrogen (secondary N) is 2. The number of rotatable bonds is 8. The molecular formula is C21H29N3O2. The summed E-state index contributed by atoms with van der Waals surface area (Å²) in [4.78, 5) is 29.9. The molecule has 5 heteroatoms. The number of hydrogen-bond donors (Lipinski definition) is 2. The van der Waals surface area contributed by atoms with Gasteiger partial charge in [0.1, 0.15) is 5.69 Å². The predicted molar refractivity (Wildman–Crippen MR) is 105 cm³/mol. The second kappa shape index (κ2) is 8.81. The second-order valence-corrected chi connectivity index (χ2v) is 6.54. The standard InChI is InChI=1S/C21H29N3O2/c1-6-24(7-2)18(17-11-9-8-10-12-17)13-22-21(26)20-14(3)19(16(5)25)15(4)23-20/h8-12,18,23H,6-7,13H2,1-5H3,(H,22,26)/t18-/m1/s1. The van der Waals surface area contributed by atoms with Gasteiger partial charge in [0, 0.05) is 17.8 Å². The summed E-state index contributed by atoms with van der Waals surface area (Å²) < 4.78 is 0. The van der Waals surface area contributed by atoms with Crippen LogP contribution < -0.4 is 5.32 Å².